The van der Waals surface area contributed by atoms with E-state index in [1.54, 1.807) is 6.07 Å². The van der Waals surface area contributed by atoms with Crippen LogP contribution in [0, 0.1) is 11.7 Å². The van der Waals surface area contributed by atoms with Crippen molar-refractivity contribution >= 4 is 12.0 Å². The van der Waals surface area contributed by atoms with Crippen LogP contribution in [0.25, 0.3) is 0 Å². The number of hydrogen-bond acceptors (Lipinski definition) is 5. The fraction of sp³-hybridized carbons (Fsp3) is 0.576. The van der Waals surface area contributed by atoms with Gasteiger partial charge >= 0.3 is 6.09 Å². The van der Waals surface area contributed by atoms with Gasteiger partial charge in [-0.1, -0.05) is 45.0 Å². The second-order valence-electron chi connectivity index (χ2n) is 11.5. The predicted octanol–water partition coefficient (Wildman–Crippen LogP) is 5.81. The topological polar surface area (TPSA) is 62.3 Å². The summed E-state index contributed by atoms with van der Waals surface area (Å²) in [6.07, 6.45) is 3.31. The Hall–Kier alpha value is -3.13. The first-order valence-corrected chi connectivity index (χ1v) is 15.1. The van der Waals surface area contributed by atoms with Crippen LogP contribution in [-0.4, -0.2) is 85.2 Å². The number of nitrogens with zero attached hydrogens (tertiary/aromatic N) is 3. The van der Waals surface area contributed by atoms with E-state index in [0.29, 0.717) is 45.1 Å². The molecule has 1 unspecified atom stereocenters. The molecule has 0 aliphatic carbocycles. The van der Waals surface area contributed by atoms with Crippen molar-refractivity contribution < 1.29 is 23.5 Å². The van der Waals surface area contributed by atoms with Crippen molar-refractivity contribution in [1.82, 2.24) is 14.7 Å². The molecule has 3 rings (SSSR count). The highest BCUT2D eigenvalue weighted by Crippen LogP contribution is 2.20. The smallest absolute Gasteiger partial charge is 0.410 e. The fourth-order valence-electron chi connectivity index (χ4n) is 5.19. The average molecular weight is 570 g/mol. The van der Waals surface area contributed by atoms with E-state index in [1.165, 1.54) is 12.1 Å². The standard InChI is InChI=1S/C33H48FN3O4/c1-6-21-40-30-13-11-28(12-14-30)23-32(38)36(20-16-27-9-7-10-29(34)22-27)26(4)15-19-35(5)17-8-18-37-31(25(2)3)24-41-33(37)39/h7,9-14,22,25-26,31H,6,8,15-21,23-24H2,1-5H3/t26?,31-/m1/s1. The molecule has 2 amide bonds. The molecule has 0 N–H and O–H groups in total. The van der Waals surface area contributed by atoms with Gasteiger partial charge in [-0.05, 0) is 94.1 Å². The van der Waals surface area contributed by atoms with Gasteiger partial charge in [-0.15, -0.1) is 0 Å². The monoisotopic (exact) mass is 569 g/mol. The molecule has 1 saturated heterocycles. The lowest BCUT2D eigenvalue weighted by molar-refractivity contribution is -0.132. The Morgan fingerprint density at radius 1 is 1.10 bits per heavy atom. The van der Waals surface area contributed by atoms with Gasteiger partial charge in [-0.3, -0.25) is 4.79 Å². The first-order valence-electron chi connectivity index (χ1n) is 15.1. The number of benzene rings is 2. The summed E-state index contributed by atoms with van der Waals surface area (Å²) < 4.78 is 24.7. The van der Waals surface area contributed by atoms with Crippen LogP contribution >= 0.6 is 0 Å². The number of amides is 2. The summed E-state index contributed by atoms with van der Waals surface area (Å²) >= 11 is 0. The quantitative estimate of drug-likeness (QED) is 0.241. The van der Waals surface area contributed by atoms with E-state index < -0.39 is 0 Å². The van der Waals surface area contributed by atoms with Crippen LogP contribution < -0.4 is 4.74 Å². The lowest BCUT2D eigenvalue weighted by Crippen LogP contribution is -2.42. The minimum Gasteiger partial charge on any atom is -0.494 e. The van der Waals surface area contributed by atoms with Crippen molar-refractivity contribution in [3.8, 4) is 5.75 Å². The molecule has 0 radical (unpaired) electrons. The van der Waals surface area contributed by atoms with Gasteiger partial charge in [0.1, 0.15) is 18.2 Å². The van der Waals surface area contributed by atoms with E-state index in [0.717, 1.165) is 49.2 Å². The Bertz CT molecular complexity index is 1090. The third kappa shape index (κ3) is 10.3. The van der Waals surface area contributed by atoms with E-state index in [-0.39, 0.29) is 29.9 Å². The van der Waals surface area contributed by atoms with Crippen molar-refractivity contribution in [1.29, 1.82) is 0 Å². The van der Waals surface area contributed by atoms with Crippen molar-refractivity contribution in [2.45, 2.75) is 71.9 Å². The maximum Gasteiger partial charge on any atom is 0.410 e. The van der Waals surface area contributed by atoms with Crippen LogP contribution in [0.2, 0.25) is 0 Å². The van der Waals surface area contributed by atoms with E-state index in [4.69, 9.17) is 9.47 Å². The number of halogens is 1. The molecule has 0 bridgehead atoms. The van der Waals surface area contributed by atoms with E-state index in [2.05, 4.69) is 39.6 Å². The molecule has 2 aromatic rings. The maximum absolute atomic E-state index is 13.8. The van der Waals surface area contributed by atoms with Crippen LogP contribution in [0.5, 0.6) is 5.75 Å². The Kier molecular flexibility index (Phi) is 12.9. The average Bonchev–Trinajstić information content (AvgIpc) is 3.32. The summed E-state index contributed by atoms with van der Waals surface area (Å²) in [4.78, 5) is 31.7. The highest BCUT2D eigenvalue weighted by Gasteiger charge is 2.34. The number of rotatable bonds is 17. The van der Waals surface area contributed by atoms with E-state index in [9.17, 15) is 14.0 Å². The van der Waals surface area contributed by atoms with Crippen LogP contribution in [0.4, 0.5) is 9.18 Å². The number of carbonyl (C=O) groups is 2. The van der Waals surface area contributed by atoms with E-state index in [1.807, 2.05) is 40.1 Å². The number of cyclic esters (lactones) is 1. The van der Waals surface area contributed by atoms with E-state index >= 15 is 0 Å². The van der Waals surface area contributed by atoms with Crippen molar-refractivity contribution in [3.63, 3.8) is 0 Å². The molecule has 1 heterocycles. The van der Waals surface area contributed by atoms with Gasteiger partial charge in [-0.2, -0.15) is 0 Å². The molecule has 1 aliphatic rings. The van der Waals surface area contributed by atoms with Crippen LogP contribution in [0.3, 0.4) is 0 Å². The van der Waals surface area contributed by atoms with Crippen LogP contribution in [0.15, 0.2) is 48.5 Å². The SMILES string of the molecule is CCCOc1ccc(CC(=O)N(CCc2cccc(F)c2)C(C)CCN(C)CCCN2C(=O)OC[C@@H]2C(C)C)cc1. The maximum atomic E-state index is 13.8. The third-order valence-corrected chi connectivity index (χ3v) is 7.78. The zero-order valence-corrected chi connectivity index (χ0v) is 25.5. The zero-order valence-electron chi connectivity index (χ0n) is 25.5. The van der Waals surface area contributed by atoms with Gasteiger partial charge in [-0.25, -0.2) is 9.18 Å². The minimum atomic E-state index is -0.262. The largest absolute Gasteiger partial charge is 0.494 e. The predicted molar refractivity (Wildman–Crippen MR) is 161 cm³/mol. The summed E-state index contributed by atoms with van der Waals surface area (Å²) in [7, 11) is 2.08. The Morgan fingerprint density at radius 3 is 2.54 bits per heavy atom. The normalized spacial score (nSPS) is 15.9. The molecule has 0 spiro atoms. The van der Waals surface area contributed by atoms with Crippen molar-refractivity contribution in [2.24, 2.45) is 5.92 Å². The van der Waals surface area contributed by atoms with Crippen LogP contribution in [-0.2, 0) is 22.4 Å². The molecule has 226 valence electrons. The number of hydrogen-bond donors (Lipinski definition) is 0. The Morgan fingerprint density at radius 2 is 1.85 bits per heavy atom. The molecular weight excluding hydrogens is 521 g/mol. The van der Waals surface area contributed by atoms with Gasteiger partial charge in [0.2, 0.25) is 5.91 Å². The number of ether oxygens (including phenoxy) is 2. The molecule has 2 atom stereocenters. The van der Waals surface area contributed by atoms with Crippen molar-refractivity contribution in [2.75, 3.05) is 46.4 Å². The molecular formula is C33H48FN3O4. The molecule has 0 saturated carbocycles. The summed E-state index contributed by atoms with van der Waals surface area (Å²) in [5, 5.41) is 0. The first-order chi connectivity index (χ1) is 19.7. The molecule has 1 aliphatic heterocycles. The molecule has 2 aromatic carbocycles. The lowest BCUT2D eigenvalue weighted by atomic mass is 10.0. The van der Waals surface area contributed by atoms with Crippen LogP contribution in [0.1, 0.15) is 58.1 Å². The van der Waals surface area contributed by atoms with Gasteiger partial charge in [0.25, 0.3) is 0 Å². The summed E-state index contributed by atoms with van der Waals surface area (Å²) in [5.74, 6) is 0.973. The fourth-order valence-corrected chi connectivity index (χ4v) is 5.19. The van der Waals surface area contributed by atoms with Crippen molar-refractivity contribution in [3.05, 3.63) is 65.5 Å². The second kappa shape index (κ2) is 16.3. The molecule has 7 nitrogen and oxygen atoms in total. The Balaban J connectivity index is 1.55. The molecule has 1 fully saturated rings. The lowest BCUT2D eigenvalue weighted by Gasteiger charge is -2.31. The summed E-state index contributed by atoms with van der Waals surface area (Å²) in [6.45, 7) is 12.4. The van der Waals surface area contributed by atoms with Gasteiger partial charge < -0.3 is 24.2 Å². The van der Waals surface area contributed by atoms with Gasteiger partial charge in [0.15, 0.2) is 0 Å². The number of carbonyl (C=O) groups excluding carboxylic acids is 2. The Labute approximate surface area is 245 Å². The molecule has 8 heteroatoms. The third-order valence-electron chi connectivity index (χ3n) is 7.78. The minimum absolute atomic E-state index is 0.0181. The summed E-state index contributed by atoms with van der Waals surface area (Å²) in [5.41, 5.74) is 1.82. The highest BCUT2D eigenvalue weighted by atomic mass is 19.1. The van der Waals surface area contributed by atoms with Gasteiger partial charge in [0.05, 0.1) is 19.1 Å². The second-order valence-corrected chi connectivity index (χ2v) is 11.5. The molecule has 0 aromatic heterocycles. The first kappa shape index (κ1) is 32.4. The highest BCUT2D eigenvalue weighted by molar-refractivity contribution is 5.79. The molecule has 41 heavy (non-hydrogen) atoms. The summed E-state index contributed by atoms with van der Waals surface area (Å²) in [6, 6.07) is 14.5. The van der Waals surface area contributed by atoms with Gasteiger partial charge in [0, 0.05) is 19.1 Å². The zero-order chi connectivity index (χ0) is 29.8.